The third-order valence-corrected chi connectivity index (χ3v) is 2.40. The van der Waals surface area contributed by atoms with Crippen LogP contribution in [0.3, 0.4) is 0 Å². The molecule has 0 fully saturated rings. The zero-order valence-electron chi connectivity index (χ0n) is 8.97. The largest absolute Gasteiger partial charge is 0.423 e. The average molecular weight is 229 g/mol. The molecule has 86 valence electrons. The van der Waals surface area contributed by atoms with Crippen LogP contribution in [0.1, 0.15) is 5.69 Å². The molecule has 0 saturated heterocycles. The van der Waals surface area contributed by atoms with Crippen LogP contribution in [0.5, 0.6) is 0 Å². The second kappa shape index (κ2) is 3.82. The van der Waals surface area contributed by atoms with E-state index in [1.807, 2.05) is 12.1 Å². The monoisotopic (exact) mass is 229 g/mol. The normalized spacial score (nSPS) is 10.8. The van der Waals surface area contributed by atoms with E-state index < -0.39 is 0 Å². The smallest absolute Gasteiger partial charge is 0.296 e. The van der Waals surface area contributed by atoms with Crippen molar-refractivity contribution in [1.29, 1.82) is 0 Å². The molecule has 0 aliphatic rings. The first-order valence-electron chi connectivity index (χ1n) is 5.19. The van der Waals surface area contributed by atoms with Crippen molar-refractivity contribution in [2.24, 2.45) is 0 Å². The fraction of sp³-hybridized carbons (Fsp3) is 0.0909. The number of fused-ring (bicyclic) bond motifs is 1. The third-order valence-electron chi connectivity index (χ3n) is 2.40. The molecule has 6 heteroatoms. The van der Waals surface area contributed by atoms with E-state index in [-0.39, 0.29) is 0 Å². The number of nitrogens with zero attached hydrogens (tertiary/aromatic N) is 2. The highest BCUT2D eigenvalue weighted by atomic mass is 16.4. The Bertz CT molecular complexity index is 628. The minimum Gasteiger partial charge on any atom is -0.423 e. The van der Waals surface area contributed by atoms with Crippen molar-refractivity contribution in [1.82, 2.24) is 15.2 Å². The number of hydrogen-bond acceptors (Lipinski definition) is 5. The summed E-state index contributed by atoms with van der Waals surface area (Å²) in [4.78, 5) is 4.29. The van der Waals surface area contributed by atoms with E-state index in [2.05, 4.69) is 20.5 Å². The van der Waals surface area contributed by atoms with Crippen LogP contribution in [0.2, 0.25) is 0 Å². The van der Waals surface area contributed by atoms with Crippen molar-refractivity contribution in [2.45, 2.75) is 6.54 Å². The van der Waals surface area contributed by atoms with E-state index in [1.54, 1.807) is 18.3 Å². The quantitative estimate of drug-likeness (QED) is 0.595. The van der Waals surface area contributed by atoms with Gasteiger partial charge in [-0.1, -0.05) is 0 Å². The Morgan fingerprint density at radius 1 is 1.35 bits per heavy atom. The maximum absolute atomic E-state index is 5.66. The number of oxazole rings is 1. The predicted molar refractivity (Wildman–Crippen MR) is 64.3 cm³/mol. The molecule has 0 aliphatic heterocycles. The molecule has 0 atom stereocenters. The maximum atomic E-state index is 5.66. The Balaban J connectivity index is 1.81. The summed E-state index contributed by atoms with van der Waals surface area (Å²) in [6, 6.07) is 7.73. The lowest BCUT2D eigenvalue weighted by atomic mass is 10.3. The Morgan fingerprint density at radius 3 is 3.12 bits per heavy atom. The molecule has 0 saturated carbocycles. The van der Waals surface area contributed by atoms with Gasteiger partial charge < -0.3 is 15.5 Å². The van der Waals surface area contributed by atoms with E-state index >= 15 is 0 Å². The van der Waals surface area contributed by atoms with Gasteiger partial charge in [0, 0.05) is 18.0 Å². The fourth-order valence-corrected chi connectivity index (χ4v) is 1.57. The van der Waals surface area contributed by atoms with Crippen LogP contribution in [0.15, 0.2) is 34.9 Å². The minimum atomic E-state index is 0.472. The van der Waals surface area contributed by atoms with Crippen molar-refractivity contribution in [2.75, 3.05) is 11.1 Å². The topological polar surface area (TPSA) is 92.8 Å². The number of anilines is 2. The van der Waals surface area contributed by atoms with Gasteiger partial charge in [0.2, 0.25) is 0 Å². The van der Waals surface area contributed by atoms with Crippen LogP contribution in [-0.4, -0.2) is 15.2 Å². The second-order valence-corrected chi connectivity index (χ2v) is 3.68. The summed E-state index contributed by atoms with van der Waals surface area (Å²) in [7, 11) is 0. The molecule has 3 aromatic rings. The zero-order valence-corrected chi connectivity index (χ0v) is 8.97. The average Bonchev–Trinajstić information content (AvgIpc) is 2.94. The molecule has 3 rings (SSSR count). The number of nitrogens with one attached hydrogen (secondary N) is 2. The number of H-pyrrole nitrogens is 1. The van der Waals surface area contributed by atoms with Crippen LogP contribution in [0, 0.1) is 0 Å². The molecule has 4 N–H and O–H groups in total. The standard InChI is InChI=1S/C11H11N5O/c12-7-1-2-9-10(5-7)17-11(15-9)13-6-8-3-4-14-16-8/h1-5H,6,12H2,(H,13,15)(H,14,16). The molecule has 0 amide bonds. The first-order chi connectivity index (χ1) is 8.31. The molecule has 0 aliphatic carbocycles. The highest BCUT2D eigenvalue weighted by Gasteiger charge is 2.05. The number of nitrogen functional groups attached to an aromatic ring is 1. The number of aromatic amines is 1. The molecule has 0 spiro atoms. The predicted octanol–water partition coefficient (Wildman–Crippen LogP) is 1.75. The Hall–Kier alpha value is -2.50. The molecular formula is C11H11N5O. The molecule has 6 nitrogen and oxygen atoms in total. The van der Waals surface area contributed by atoms with Crippen LogP contribution < -0.4 is 11.1 Å². The van der Waals surface area contributed by atoms with Crippen molar-refractivity contribution in [3.8, 4) is 0 Å². The summed E-state index contributed by atoms with van der Waals surface area (Å²) in [5.41, 5.74) is 8.75. The van der Waals surface area contributed by atoms with Gasteiger partial charge in [-0.25, -0.2) is 0 Å². The van der Waals surface area contributed by atoms with E-state index in [1.165, 1.54) is 0 Å². The van der Waals surface area contributed by atoms with Gasteiger partial charge in [0.15, 0.2) is 5.58 Å². The van der Waals surface area contributed by atoms with E-state index in [0.717, 1.165) is 11.2 Å². The molecule has 2 aromatic heterocycles. The van der Waals surface area contributed by atoms with Gasteiger partial charge in [-0.3, -0.25) is 5.10 Å². The lowest BCUT2D eigenvalue weighted by molar-refractivity contribution is 0.614. The van der Waals surface area contributed by atoms with Crippen molar-refractivity contribution in [3.63, 3.8) is 0 Å². The Morgan fingerprint density at radius 2 is 2.29 bits per heavy atom. The highest BCUT2D eigenvalue weighted by molar-refractivity contribution is 5.78. The number of rotatable bonds is 3. The Labute approximate surface area is 96.8 Å². The highest BCUT2D eigenvalue weighted by Crippen LogP contribution is 2.21. The lowest BCUT2D eigenvalue weighted by Gasteiger charge is -1.97. The van der Waals surface area contributed by atoms with Crippen molar-refractivity contribution in [3.05, 3.63) is 36.2 Å². The van der Waals surface area contributed by atoms with Crippen LogP contribution >= 0.6 is 0 Å². The Kier molecular flexibility index (Phi) is 2.18. The summed E-state index contributed by atoms with van der Waals surface area (Å²) >= 11 is 0. The van der Waals surface area contributed by atoms with E-state index in [0.29, 0.717) is 23.8 Å². The van der Waals surface area contributed by atoms with Gasteiger partial charge in [-0.15, -0.1) is 0 Å². The summed E-state index contributed by atoms with van der Waals surface area (Å²) < 4.78 is 5.51. The van der Waals surface area contributed by atoms with Gasteiger partial charge in [-0.2, -0.15) is 10.1 Å². The molecule has 0 unspecified atom stereocenters. The maximum Gasteiger partial charge on any atom is 0.296 e. The zero-order chi connectivity index (χ0) is 11.7. The molecule has 0 radical (unpaired) electrons. The van der Waals surface area contributed by atoms with Gasteiger partial charge in [0.05, 0.1) is 12.2 Å². The molecule has 0 bridgehead atoms. The van der Waals surface area contributed by atoms with Crippen LogP contribution in [-0.2, 0) is 6.54 Å². The van der Waals surface area contributed by atoms with Crippen LogP contribution in [0.4, 0.5) is 11.7 Å². The first kappa shape index (κ1) is 9.71. The fourth-order valence-electron chi connectivity index (χ4n) is 1.57. The van der Waals surface area contributed by atoms with E-state index in [9.17, 15) is 0 Å². The lowest BCUT2D eigenvalue weighted by Crippen LogP contribution is -1.99. The summed E-state index contributed by atoms with van der Waals surface area (Å²) in [6.07, 6.45) is 1.70. The van der Waals surface area contributed by atoms with Gasteiger partial charge in [0.25, 0.3) is 6.01 Å². The van der Waals surface area contributed by atoms with Crippen LogP contribution in [0.25, 0.3) is 11.1 Å². The van der Waals surface area contributed by atoms with Gasteiger partial charge >= 0.3 is 0 Å². The number of aromatic nitrogens is 3. The molecule has 1 aromatic carbocycles. The number of benzene rings is 1. The summed E-state index contributed by atoms with van der Waals surface area (Å²) in [5, 5.41) is 9.77. The summed E-state index contributed by atoms with van der Waals surface area (Å²) in [5.74, 6) is 0. The van der Waals surface area contributed by atoms with Gasteiger partial charge in [-0.05, 0) is 18.2 Å². The number of hydrogen-bond donors (Lipinski definition) is 3. The van der Waals surface area contributed by atoms with Gasteiger partial charge in [0.1, 0.15) is 5.52 Å². The molecular weight excluding hydrogens is 218 g/mol. The second-order valence-electron chi connectivity index (χ2n) is 3.68. The third kappa shape index (κ3) is 1.92. The minimum absolute atomic E-state index is 0.472. The summed E-state index contributed by atoms with van der Waals surface area (Å²) in [6.45, 7) is 0.586. The molecule has 17 heavy (non-hydrogen) atoms. The van der Waals surface area contributed by atoms with E-state index in [4.69, 9.17) is 10.2 Å². The van der Waals surface area contributed by atoms with Crippen molar-refractivity contribution < 1.29 is 4.42 Å². The number of nitrogens with two attached hydrogens (primary N) is 1. The van der Waals surface area contributed by atoms with Crippen molar-refractivity contribution >= 4 is 22.8 Å². The SMILES string of the molecule is Nc1ccc2nc(NCc3ccn[nH]3)oc2c1. The molecule has 2 heterocycles. The first-order valence-corrected chi connectivity index (χ1v) is 5.19.